The molecule has 0 aliphatic heterocycles. The number of rotatable bonds is 9. The Kier molecular flexibility index (Phi) is 9.03. The van der Waals surface area contributed by atoms with E-state index in [-0.39, 0.29) is 13.2 Å². The van der Waals surface area contributed by atoms with Crippen molar-refractivity contribution in [2.75, 3.05) is 0 Å². The molecule has 0 bridgehead atoms. The number of esters is 2. The van der Waals surface area contributed by atoms with Crippen molar-refractivity contribution in [3.8, 4) is 0 Å². The van der Waals surface area contributed by atoms with Crippen LogP contribution in [0.2, 0.25) is 0 Å². The van der Waals surface area contributed by atoms with Gasteiger partial charge in [0.1, 0.15) is 18.8 Å². The van der Waals surface area contributed by atoms with Crippen LogP contribution in [0.5, 0.6) is 0 Å². The van der Waals surface area contributed by atoms with Crippen molar-refractivity contribution in [3.05, 3.63) is 94.2 Å². The quantitative estimate of drug-likeness (QED) is 0.242. The number of thiophene rings is 1. The first-order valence-corrected chi connectivity index (χ1v) is 12.0. The molecule has 1 heterocycles. The topological polar surface area (TPSA) is 90.9 Å². The normalized spacial score (nSPS) is 12.0. The number of ether oxygens (including phenoxy) is 3. The zero-order valence-corrected chi connectivity index (χ0v) is 20.7. The number of alkyl carbamates (subject to hydrolysis) is 1. The van der Waals surface area contributed by atoms with E-state index in [1.165, 1.54) is 11.3 Å². The van der Waals surface area contributed by atoms with Crippen LogP contribution in [-0.2, 0) is 37.0 Å². The van der Waals surface area contributed by atoms with E-state index in [1.54, 1.807) is 38.3 Å². The summed E-state index contributed by atoms with van der Waals surface area (Å²) >= 11 is 1.30. The fourth-order valence-corrected chi connectivity index (χ4v) is 4.04. The number of amides is 1. The molecule has 1 atom stereocenters. The number of nitrogens with one attached hydrogen (secondary N) is 1. The second kappa shape index (κ2) is 12.2. The molecule has 184 valence electrons. The highest BCUT2D eigenvalue weighted by Gasteiger charge is 2.41. The fraction of sp³-hybridized carbons (Fsp3) is 0.296. The van der Waals surface area contributed by atoms with Crippen molar-refractivity contribution in [2.24, 2.45) is 5.92 Å². The van der Waals surface area contributed by atoms with E-state index in [9.17, 15) is 14.4 Å². The molecule has 2 aromatic carbocycles. The van der Waals surface area contributed by atoms with Gasteiger partial charge in [-0.3, -0.25) is 9.59 Å². The third kappa shape index (κ3) is 8.26. The molecule has 0 spiro atoms. The van der Waals surface area contributed by atoms with Crippen molar-refractivity contribution in [1.82, 2.24) is 5.32 Å². The Hall–Kier alpha value is -3.65. The van der Waals surface area contributed by atoms with Crippen LogP contribution in [0.25, 0.3) is 0 Å². The van der Waals surface area contributed by atoms with Crippen LogP contribution in [-0.4, -0.2) is 23.6 Å². The number of hydrogen-bond donors (Lipinski definition) is 1. The molecule has 1 amide bonds. The summed E-state index contributed by atoms with van der Waals surface area (Å²) in [5.41, 5.74) is 0.774. The number of benzene rings is 2. The summed E-state index contributed by atoms with van der Waals surface area (Å²) < 4.78 is 16.4. The first-order valence-electron chi connectivity index (χ1n) is 11.2. The maximum atomic E-state index is 13.3. The molecule has 7 nitrogen and oxygen atoms in total. The first-order chi connectivity index (χ1) is 16.7. The van der Waals surface area contributed by atoms with E-state index in [1.807, 2.05) is 60.7 Å². The van der Waals surface area contributed by atoms with Gasteiger partial charge in [0.15, 0.2) is 5.92 Å². The van der Waals surface area contributed by atoms with Gasteiger partial charge in [-0.25, -0.2) is 4.79 Å². The highest BCUT2D eigenvalue weighted by molar-refractivity contribution is 7.10. The lowest BCUT2D eigenvalue weighted by atomic mass is 9.98. The summed E-state index contributed by atoms with van der Waals surface area (Å²) in [5, 5.41) is 4.47. The minimum atomic E-state index is -1.44. The van der Waals surface area contributed by atoms with Gasteiger partial charge in [-0.2, -0.15) is 0 Å². The Labute approximate surface area is 209 Å². The molecule has 3 rings (SSSR count). The Balaban J connectivity index is 1.85. The second-order valence-electron chi connectivity index (χ2n) is 8.80. The van der Waals surface area contributed by atoms with Crippen molar-refractivity contribution < 1.29 is 28.6 Å². The minimum absolute atomic E-state index is 0.0221. The van der Waals surface area contributed by atoms with Crippen LogP contribution in [0.15, 0.2) is 78.2 Å². The Morgan fingerprint density at radius 2 is 1.31 bits per heavy atom. The van der Waals surface area contributed by atoms with Crippen LogP contribution in [0, 0.1) is 5.92 Å². The molecule has 1 N–H and O–H groups in total. The first kappa shape index (κ1) is 26.0. The predicted octanol–water partition coefficient (Wildman–Crippen LogP) is 5.42. The summed E-state index contributed by atoms with van der Waals surface area (Å²) in [4.78, 5) is 39.8. The van der Waals surface area contributed by atoms with E-state index < -0.39 is 35.6 Å². The second-order valence-corrected chi connectivity index (χ2v) is 9.78. The van der Waals surface area contributed by atoms with Crippen LogP contribution in [0.1, 0.15) is 42.8 Å². The molecule has 35 heavy (non-hydrogen) atoms. The number of carbonyl (C=O) groups excluding carboxylic acids is 3. The standard InChI is InChI=1S/C27H29NO6S/c1-27(2,3)34-26(31)28-23(21-15-10-16-35-21)22(24(29)32-17-19-11-6-4-7-12-19)25(30)33-18-20-13-8-5-9-14-20/h4-16,22-23H,17-18H2,1-3H3,(H,28,31)/t23-/m1/s1. The van der Waals surface area contributed by atoms with Gasteiger partial charge in [-0.05, 0) is 43.3 Å². The smallest absolute Gasteiger partial charge is 0.408 e. The summed E-state index contributed by atoms with van der Waals surface area (Å²) in [6, 6.07) is 20.7. The van der Waals surface area contributed by atoms with Gasteiger partial charge in [0, 0.05) is 4.88 Å². The summed E-state index contributed by atoms with van der Waals surface area (Å²) in [7, 11) is 0. The molecule has 0 saturated heterocycles. The largest absolute Gasteiger partial charge is 0.460 e. The molecular weight excluding hydrogens is 466 g/mol. The molecular formula is C27H29NO6S. The lowest BCUT2D eigenvalue weighted by Crippen LogP contribution is -2.43. The van der Waals surface area contributed by atoms with Gasteiger partial charge >= 0.3 is 18.0 Å². The molecule has 0 aliphatic carbocycles. The predicted molar refractivity (Wildman–Crippen MR) is 132 cm³/mol. The van der Waals surface area contributed by atoms with Crippen LogP contribution in [0.4, 0.5) is 4.79 Å². The minimum Gasteiger partial charge on any atom is -0.460 e. The maximum absolute atomic E-state index is 13.3. The van der Waals surface area contributed by atoms with Crippen LogP contribution >= 0.6 is 11.3 Å². The van der Waals surface area contributed by atoms with E-state index >= 15 is 0 Å². The summed E-state index contributed by atoms with van der Waals surface area (Å²) in [5.74, 6) is -3.05. The Bertz CT molecular complexity index is 1040. The monoisotopic (exact) mass is 495 g/mol. The van der Waals surface area contributed by atoms with Gasteiger partial charge < -0.3 is 19.5 Å². The van der Waals surface area contributed by atoms with Gasteiger partial charge in [-0.1, -0.05) is 66.7 Å². The molecule has 0 fully saturated rings. The fourth-order valence-electron chi connectivity index (χ4n) is 3.23. The van der Waals surface area contributed by atoms with Crippen molar-refractivity contribution >= 4 is 29.4 Å². The summed E-state index contributed by atoms with van der Waals surface area (Å²) in [6.07, 6.45) is -0.757. The Morgan fingerprint density at radius 3 is 1.74 bits per heavy atom. The lowest BCUT2D eigenvalue weighted by Gasteiger charge is -2.27. The average molecular weight is 496 g/mol. The zero-order valence-electron chi connectivity index (χ0n) is 19.9. The van der Waals surface area contributed by atoms with E-state index in [0.29, 0.717) is 4.88 Å². The van der Waals surface area contributed by atoms with E-state index in [0.717, 1.165) is 11.1 Å². The van der Waals surface area contributed by atoms with Crippen molar-refractivity contribution in [2.45, 2.75) is 45.6 Å². The highest BCUT2D eigenvalue weighted by Crippen LogP contribution is 2.29. The maximum Gasteiger partial charge on any atom is 0.408 e. The number of hydrogen-bond acceptors (Lipinski definition) is 7. The summed E-state index contributed by atoms with van der Waals surface area (Å²) in [6.45, 7) is 5.14. The zero-order chi connectivity index (χ0) is 25.3. The molecule has 0 unspecified atom stereocenters. The van der Waals surface area contributed by atoms with Gasteiger partial charge in [0.2, 0.25) is 0 Å². The van der Waals surface area contributed by atoms with E-state index in [4.69, 9.17) is 14.2 Å². The Morgan fingerprint density at radius 1 is 0.800 bits per heavy atom. The van der Waals surface area contributed by atoms with Gasteiger partial charge in [0.05, 0.1) is 6.04 Å². The third-order valence-electron chi connectivity index (χ3n) is 4.81. The molecule has 0 radical (unpaired) electrons. The van der Waals surface area contributed by atoms with Crippen molar-refractivity contribution in [1.29, 1.82) is 0 Å². The SMILES string of the molecule is CC(C)(C)OC(=O)N[C@H](c1cccs1)C(C(=O)OCc1ccccc1)C(=O)OCc1ccccc1. The molecule has 3 aromatic rings. The van der Waals surface area contributed by atoms with Gasteiger partial charge in [-0.15, -0.1) is 11.3 Å². The van der Waals surface area contributed by atoms with Gasteiger partial charge in [0.25, 0.3) is 0 Å². The molecule has 1 aromatic heterocycles. The molecule has 0 aliphatic rings. The van der Waals surface area contributed by atoms with Crippen LogP contribution < -0.4 is 5.32 Å². The van der Waals surface area contributed by atoms with Crippen molar-refractivity contribution in [3.63, 3.8) is 0 Å². The third-order valence-corrected chi connectivity index (χ3v) is 5.77. The average Bonchev–Trinajstić information content (AvgIpc) is 3.36. The van der Waals surface area contributed by atoms with Crippen LogP contribution in [0.3, 0.4) is 0 Å². The molecule has 0 saturated carbocycles. The van der Waals surface area contributed by atoms with E-state index in [2.05, 4.69) is 5.32 Å². The number of carbonyl (C=O) groups is 3. The highest BCUT2D eigenvalue weighted by atomic mass is 32.1. The molecule has 8 heteroatoms. The lowest BCUT2D eigenvalue weighted by molar-refractivity contribution is -0.165.